The van der Waals surface area contributed by atoms with E-state index in [4.69, 9.17) is 4.42 Å². The molecule has 2 atom stereocenters. The molecule has 0 spiro atoms. The molecule has 4 nitrogen and oxygen atoms in total. The van der Waals surface area contributed by atoms with Gasteiger partial charge in [-0.2, -0.15) is 0 Å². The number of carbonyl (C=O) groups is 1. The maximum atomic E-state index is 12.5. The van der Waals surface area contributed by atoms with Crippen molar-refractivity contribution in [2.24, 2.45) is 0 Å². The lowest BCUT2D eigenvalue weighted by molar-refractivity contribution is -0.135. The van der Waals surface area contributed by atoms with Crippen molar-refractivity contribution in [3.63, 3.8) is 0 Å². The van der Waals surface area contributed by atoms with Crippen LogP contribution >= 0.6 is 0 Å². The summed E-state index contributed by atoms with van der Waals surface area (Å²) in [6, 6.07) is 9.85. The Balaban J connectivity index is 1.76. The van der Waals surface area contributed by atoms with Crippen LogP contribution in [0, 0.1) is 0 Å². The zero-order chi connectivity index (χ0) is 14.8. The number of likely N-dealkylation sites (N-methyl/N-ethyl adjacent to an activating group) is 1. The lowest BCUT2D eigenvalue weighted by atomic mass is 10.0. The summed E-state index contributed by atoms with van der Waals surface area (Å²) < 4.78 is 5.87. The highest BCUT2D eigenvalue weighted by atomic mass is 16.3. The number of carbonyl (C=O) groups excluding carboxylic acids is 1. The summed E-state index contributed by atoms with van der Waals surface area (Å²) in [5.41, 5.74) is 0.871. The third-order valence-corrected chi connectivity index (χ3v) is 4.39. The highest BCUT2D eigenvalue weighted by Gasteiger charge is 2.28. The average molecular weight is 286 g/mol. The van der Waals surface area contributed by atoms with Crippen LogP contribution in [-0.4, -0.2) is 30.4 Å². The summed E-state index contributed by atoms with van der Waals surface area (Å²) >= 11 is 0. The second-order valence-electron chi connectivity index (χ2n) is 5.81. The van der Waals surface area contributed by atoms with Crippen LogP contribution in [0.4, 0.5) is 0 Å². The molecule has 1 aliphatic rings. The van der Waals surface area contributed by atoms with Crippen LogP contribution in [0.3, 0.4) is 0 Å². The summed E-state index contributed by atoms with van der Waals surface area (Å²) in [5, 5.41) is 4.39. The molecule has 1 N–H and O–H groups in total. The van der Waals surface area contributed by atoms with Crippen LogP contribution in [0.15, 0.2) is 34.7 Å². The maximum Gasteiger partial charge on any atom is 0.240 e. The van der Waals surface area contributed by atoms with E-state index >= 15 is 0 Å². The molecule has 2 aromatic rings. The molecule has 21 heavy (non-hydrogen) atoms. The molecule has 1 fully saturated rings. The van der Waals surface area contributed by atoms with Crippen LogP contribution in [0.25, 0.3) is 11.0 Å². The van der Waals surface area contributed by atoms with Gasteiger partial charge >= 0.3 is 0 Å². The van der Waals surface area contributed by atoms with Gasteiger partial charge in [-0.3, -0.25) is 4.79 Å². The molecule has 0 radical (unpaired) electrons. The normalized spacial score (nSPS) is 20.4. The molecule has 0 aliphatic carbocycles. The number of amides is 1. The molecule has 0 bridgehead atoms. The summed E-state index contributed by atoms with van der Waals surface area (Å²) in [7, 11) is 1.86. The molecule has 1 aliphatic heterocycles. The molecule has 1 aromatic carbocycles. The molecule has 1 unspecified atom stereocenters. The van der Waals surface area contributed by atoms with Gasteiger partial charge in [-0.25, -0.2) is 0 Å². The molecule has 112 valence electrons. The Labute approximate surface area is 125 Å². The number of piperidine rings is 1. The second-order valence-corrected chi connectivity index (χ2v) is 5.81. The Bertz CT molecular complexity index is 596. The first-order chi connectivity index (χ1) is 10.2. The zero-order valence-corrected chi connectivity index (χ0v) is 12.6. The molecule has 3 rings (SSSR count). The van der Waals surface area contributed by atoms with Gasteiger partial charge in [0.05, 0.1) is 12.1 Å². The molecular weight excluding hydrogens is 264 g/mol. The SMILES string of the molecule is CC(c1cc2ccccc2o1)N(C)C(=O)[C@@H]1CCCCN1. The Hall–Kier alpha value is -1.81. The fraction of sp³-hybridized carbons (Fsp3) is 0.471. The van der Waals surface area contributed by atoms with Gasteiger partial charge in [-0.15, -0.1) is 0 Å². The zero-order valence-electron chi connectivity index (χ0n) is 12.6. The van der Waals surface area contributed by atoms with Crippen molar-refractivity contribution >= 4 is 16.9 Å². The smallest absolute Gasteiger partial charge is 0.240 e. The number of nitrogens with one attached hydrogen (secondary N) is 1. The standard InChI is InChI=1S/C17H22N2O2/c1-12(16-11-13-7-3-4-9-15(13)21-16)19(2)17(20)14-8-5-6-10-18-14/h3-4,7,9,11-12,14,18H,5-6,8,10H2,1-2H3/t12?,14-/m0/s1. The summed E-state index contributed by atoms with van der Waals surface area (Å²) in [4.78, 5) is 14.3. The Kier molecular flexibility index (Phi) is 3.97. The van der Waals surface area contributed by atoms with E-state index in [1.165, 1.54) is 0 Å². The molecular formula is C17H22N2O2. The van der Waals surface area contributed by atoms with Gasteiger partial charge in [0, 0.05) is 12.4 Å². The third kappa shape index (κ3) is 2.81. The van der Waals surface area contributed by atoms with Crippen molar-refractivity contribution in [1.29, 1.82) is 0 Å². The van der Waals surface area contributed by atoms with Crippen molar-refractivity contribution in [1.82, 2.24) is 10.2 Å². The molecule has 1 saturated heterocycles. The van der Waals surface area contributed by atoms with E-state index in [1.807, 2.05) is 44.3 Å². The minimum absolute atomic E-state index is 0.0458. The second kappa shape index (κ2) is 5.90. The molecule has 4 heteroatoms. The van der Waals surface area contributed by atoms with Gasteiger partial charge in [-0.1, -0.05) is 24.6 Å². The predicted octanol–water partition coefficient (Wildman–Crippen LogP) is 3.09. The van der Waals surface area contributed by atoms with Gasteiger partial charge in [0.1, 0.15) is 11.3 Å². The summed E-state index contributed by atoms with van der Waals surface area (Å²) in [6.45, 7) is 2.95. The highest BCUT2D eigenvalue weighted by Crippen LogP contribution is 2.27. The van der Waals surface area contributed by atoms with Gasteiger partial charge in [0.25, 0.3) is 0 Å². The van der Waals surface area contributed by atoms with Crippen LogP contribution in [-0.2, 0) is 4.79 Å². The largest absolute Gasteiger partial charge is 0.459 e. The van der Waals surface area contributed by atoms with Gasteiger partial charge in [-0.05, 0) is 38.4 Å². The molecule has 1 aromatic heterocycles. The van der Waals surface area contributed by atoms with Crippen molar-refractivity contribution in [3.8, 4) is 0 Å². The van der Waals surface area contributed by atoms with Crippen LogP contribution < -0.4 is 5.32 Å². The van der Waals surface area contributed by atoms with E-state index in [2.05, 4.69) is 5.32 Å². The number of hydrogen-bond donors (Lipinski definition) is 1. The third-order valence-electron chi connectivity index (χ3n) is 4.39. The Morgan fingerprint density at radius 3 is 2.90 bits per heavy atom. The first kappa shape index (κ1) is 14.1. The monoisotopic (exact) mass is 286 g/mol. The van der Waals surface area contributed by atoms with Crippen molar-refractivity contribution < 1.29 is 9.21 Å². The van der Waals surface area contributed by atoms with E-state index in [-0.39, 0.29) is 18.0 Å². The first-order valence-electron chi connectivity index (χ1n) is 7.65. The number of furan rings is 1. The number of fused-ring (bicyclic) bond motifs is 1. The number of para-hydroxylation sites is 1. The Morgan fingerprint density at radius 2 is 2.19 bits per heavy atom. The predicted molar refractivity (Wildman–Crippen MR) is 83.0 cm³/mol. The van der Waals surface area contributed by atoms with E-state index in [9.17, 15) is 4.79 Å². The van der Waals surface area contributed by atoms with Gasteiger partial charge < -0.3 is 14.6 Å². The Morgan fingerprint density at radius 1 is 1.38 bits per heavy atom. The van der Waals surface area contributed by atoms with Crippen LogP contribution in [0.1, 0.15) is 38.0 Å². The molecule has 2 heterocycles. The van der Waals surface area contributed by atoms with E-state index in [1.54, 1.807) is 4.90 Å². The highest BCUT2D eigenvalue weighted by molar-refractivity contribution is 5.82. The topological polar surface area (TPSA) is 45.5 Å². The minimum atomic E-state index is -0.0615. The van der Waals surface area contributed by atoms with Crippen molar-refractivity contribution in [2.75, 3.05) is 13.6 Å². The lowest BCUT2D eigenvalue weighted by Gasteiger charge is -2.30. The fourth-order valence-electron chi connectivity index (χ4n) is 2.90. The first-order valence-corrected chi connectivity index (χ1v) is 7.65. The average Bonchev–Trinajstić information content (AvgIpc) is 2.97. The maximum absolute atomic E-state index is 12.5. The summed E-state index contributed by atoms with van der Waals surface area (Å²) in [6.07, 6.45) is 3.21. The molecule has 1 amide bonds. The van der Waals surface area contributed by atoms with Gasteiger partial charge in [0.2, 0.25) is 5.91 Å². The number of rotatable bonds is 3. The van der Waals surface area contributed by atoms with E-state index in [0.717, 1.165) is 42.5 Å². The van der Waals surface area contributed by atoms with Gasteiger partial charge in [0.15, 0.2) is 0 Å². The lowest BCUT2D eigenvalue weighted by Crippen LogP contribution is -2.47. The number of hydrogen-bond acceptors (Lipinski definition) is 3. The van der Waals surface area contributed by atoms with E-state index < -0.39 is 0 Å². The quantitative estimate of drug-likeness (QED) is 0.943. The minimum Gasteiger partial charge on any atom is -0.459 e. The van der Waals surface area contributed by atoms with Crippen LogP contribution in [0.2, 0.25) is 0 Å². The number of nitrogens with zero attached hydrogens (tertiary/aromatic N) is 1. The fourth-order valence-corrected chi connectivity index (χ4v) is 2.90. The molecule has 0 saturated carbocycles. The van der Waals surface area contributed by atoms with Crippen LogP contribution in [0.5, 0.6) is 0 Å². The van der Waals surface area contributed by atoms with Crippen molar-refractivity contribution in [3.05, 3.63) is 36.1 Å². The van der Waals surface area contributed by atoms with Crippen molar-refractivity contribution in [2.45, 2.75) is 38.3 Å². The number of benzene rings is 1. The summed E-state index contributed by atoms with van der Waals surface area (Å²) in [5.74, 6) is 0.991. The van der Waals surface area contributed by atoms with E-state index in [0.29, 0.717) is 0 Å².